The number of nitrogens with one attached hydrogen (secondary N) is 1. The van der Waals surface area contributed by atoms with Crippen LogP contribution in [-0.2, 0) is 13.0 Å². The summed E-state index contributed by atoms with van der Waals surface area (Å²) in [7, 11) is 0.571. The second-order valence-corrected chi connectivity index (χ2v) is 5.52. The fourth-order valence-electron chi connectivity index (χ4n) is 1.97. The molecule has 1 unspecified atom stereocenters. The van der Waals surface area contributed by atoms with Crippen molar-refractivity contribution in [3.05, 3.63) is 34.9 Å². The standard InChI is InChI=1S/C13H17N4P/c1-3-4-12-6-5-11(8-14)7-13(12)9-17-15-10(2)18-16-17/h5-7,16,18H,3-4,9H2,1-2H3. The molecule has 0 amide bonds. The summed E-state index contributed by atoms with van der Waals surface area (Å²) in [6.07, 6.45) is 2.15. The summed E-state index contributed by atoms with van der Waals surface area (Å²) in [6, 6.07) is 8.12. The highest BCUT2D eigenvalue weighted by Gasteiger charge is 2.13. The molecule has 0 bridgehead atoms. The van der Waals surface area contributed by atoms with Crippen LogP contribution in [0.1, 0.15) is 37.0 Å². The molecule has 1 atom stereocenters. The van der Waals surface area contributed by atoms with E-state index in [0.29, 0.717) is 14.3 Å². The molecule has 0 radical (unpaired) electrons. The summed E-state index contributed by atoms with van der Waals surface area (Å²) in [5.41, 5.74) is 4.32. The summed E-state index contributed by atoms with van der Waals surface area (Å²) in [6.45, 7) is 4.90. The predicted molar refractivity (Wildman–Crippen MR) is 75.3 cm³/mol. The maximum Gasteiger partial charge on any atom is 0.0991 e. The Bertz CT molecular complexity index is 504. The Balaban J connectivity index is 2.21. The van der Waals surface area contributed by atoms with Gasteiger partial charge in [-0.3, -0.25) is 0 Å². The summed E-state index contributed by atoms with van der Waals surface area (Å²) in [5.74, 6) is 0. The van der Waals surface area contributed by atoms with E-state index in [1.807, 2.05) is 24.2 Å². The lowest BCUT2D eigenvalue weighted by atomic mass is 10.0. The fraction of sp³-hybridized carbons (Fsp3) is 0.385. The molecule has 1 aliphatic heterocycles. The van der Waals surface area contributed by atoms with E-state index in [4.69, 9.17) is 5.26 Å². The number of benzene rings is 1. The van der Waals surface area contributed by atoms with Gasteiger partial charge in [-0.15, -0.1) is 0 Å². The first-order valence-corrected chi connectivity index (χ1v) is 7.09. The number of hydrogen-bond donors (Lipinski definition) is 1. The van der Waals surface area contributed by atoms with Crippen LogP contribution in [0.15, 0.2) is 23.3 Å². The van der Waals surface area contributed by atoms with Crippen molar-refractivity contribution in [3.63, 3.8) is 0 Å². The van der Waals surface area contributed by atoms with E-state index in [1.54, 1.807) is 0 Å². The van der Waals surface area contributed by atoms with Gasteiger partial charge in [0.25, 0.3) is 0 Å². The van der Waals surface area contributed by atoms with Crippen LogP contribution >= 0.6 is 8.73 Å². The average Bonchev–Trinajstić information content (AvgIpc) is 2.77. The van der Waals surface area contributed by atoms with E-state index in [1.165, 1.54) is 11.1 Å². The summed E-state index contributed by atoms with van der Waals surface area (Å²) in [4.78, 5) is 0. The average molecular weight is 260 g/mol. The first-order valence-electron chi connectivity index (χ1n) is 6.09. The van der Waals surface area contributed by atoms with Crippen molar-refractivity contribution in [1.29, 1.82) is 5.26 Å². The maximum absolute atomic E-state index is 8.98. The SMILES string of the molecule is CCCc1ccc(C#N)cc1CN1N=C(C)PN1. The molecule has 4 nitrogen and oxygen atoms in total. The third-order valence-corrected chi connectivity index (χ3v) is 3.64. The van der Waals surface area contributed by atoms with Crippen LogP contribution < -0.4 is 5.20 Å². The Hall–Kier alpha value is -1.43. The minimum Gasteiger partial charge on any atom is -0.221 e. The normalized spacial score (nSPS) is 15.8. The monoisotopic (exact) mass is 260 g/mol. The molecule has 5 heteroatoms. The first-order chi connectivity index (χ1) is 8.72. The summed E-state index contributed by atoms with van der Waals surface area (Å²) < 4.78 is 0. The van der Waals surface area contributed by atoms with E-state index in [0.717, 1.165) is 24.8 Å². The highest BCUT2D eigenvalue weighted by molar-refractivity contribution is 7.56. The van der Waals surface area contributed by atoms with E-state index in [2.05, 4.69) is 29.4 Å². The highest BCUT2D eigenvalue weighted by atomic mass is 31.1. The van der Waals surface area contributed by atoms with Crippen molar-refractivity contribution >= 4 is 14.2 Å². The number of rotatable bonds is 4. The van der Waals surface area contributed by atoms with Gasteiger partial charge >= 0.3 is 0 Å². The molecule has 1 aromatic rings. The van der Waals surface area contributed by atoms with Gasteiger partial charge in [-0.25, -0.2) is 5.12 Å². The lowest BCUT2D eigenvalue weighted by Gasteiger charge is -2.16. The van der Waals surface area contributed by atoms with Crippen LogP contribution in [0.4, 0.5) is 0 Å². The summed E-state index contributed by atoms with van der Waals surface area (Å²) >= 11 is 0. The van der Waals surface area contributed by atoms with Gasteiger partial charge in [-0.05, 0) is 36.6 Å². The molecule has 0 fully saturated rings. The molecule has 2 rings (SSSR count). The van der Waals surface area contributed by atoms with Crippen molar-refractivity contribution in [1.82, 2.24) is 10.3 Å². The van der Waals surface area contributed by atoms with Crippen LogP contribution in [0, 0.1) is 11.3 Å². The van der Waals surface area contributed by atoms with E-state index in [-0.39, 0.29) is 0 Å². The second-order valence-electron chi connectivity index (χ2n) is 4.33. The third-order valence-electron chi connectivity index (χ3n) is 2.81. The molecule has 1 aliphatic rings. The molecular weight excluding hydrogens is 243 g/mol. The molecule has 0 aliphatic carbocycles. The Kier molecular flexibility index (Phi) is 4.30. The fourth-order valence-corrected chi connectivity index (χ4v) is 2.56. The van der Waals surface area contributed by atoms with E-state index >= 15 is 0 Å². The number of hydrazone groups is 1. The zero-order chi connectivity index (χ0) is 13.0. The molecule has 0 saturated heterocycles. The van der Waals surface area contributed by atoms with Gasteiger partial charge in [-0.1, -0.05) is 19.4 Å². The second kappa shape index (κ2) is 5.95. The van der Waals surface area contributed by atoms with Gasteiger partial charge in [0.2, 0.25) is 0 Å². The van der Waals surface area contributed by atoms with E-state index < -0.39 is 0 Å². The number of aryl methyl sites for hydroxylation is 1. The van der Waals surface area contributed by atoms with Gasteiger partial charge < -0.3 is 0 Å². The molecule has 18 heavy (non-hydrogen) atoms. The van der Waals surface area contributed by atoms with Crippen molar-refractivity contribution in [2.24, 2.45) is 5.10 Å². The van der Waals surface area contributed by atoms with Crippen LogP contribution in [0.2, 0.25) is 0 Å². The zero-order valence-corrected chi connectivity index (χ0v) is 11.7. The smallest absolute Gasteiger partial charge is 0.0991 e. The molecule has 94 valence electrons. The van der Waals surface area contributed by atoms with Crippen molar-refractivity contribution in [3.8, 4) is 6.07 Å². The molecule has 1 aromatic carbocycles. The molecule has 0 aromatic heterocycles. The molecule has 1 heterocycles. The molecular formula is C13H17N4P. The van der Waals surface area contributed by atoms with Crippen LogP contribution in [0.25, 0.3) is 0 Å². The number of hydrazine groups is 1. The van der Waals surface area contributed by atoms with Gasteiger partial charge in [0.1, 0.15) is 0 Å². The van der Waals surface area contributed by atoms with E-state index in [9.17, 15) is 0 Å². The Labute approximate surface area is 109 Å². The predicted octanol–water partition coefficient (Wildman–Crippen LogP) is 2.76. The maximum atomic E-state index is 8.98. The Morgan fingerprint density at radius 3 is 2.89 bits per heavy atom. The van der Waals surface area contributed by atoms with Gasteiger partial charge in [-0.2, -0.15) is 15.6 Å². The van der Waals surface area contributed by atoms with Crippen molar-refractivity contribution in [2.75, 3.05) is 0 Å². The minimum atomic E-state index is 0.571. The number of nitrogens with zero attached hydrogens (tertiary/aromatic N) is 3. The van der Waals surface area contributed by atoms with Crippen molar-refractivity contribution < 1.29 is 0 Å². The lowest BCUT2D eigenvalue weighted by Crippen LogP contribution is -2.23. The van der Waals surface area contributed by atoms with Crippen molar-refractivity contribution in [2.45, 2.75) is 33.2 Å². The molecule has 1 N–H and O–H groups in total. The summed E-state index contributed by atoms with van der Waals surface area (Å²) in [5, 5.41) is 18.5. The topological polar surface area (TPSA) is 51.4 Å². The highest BCUT2D eigenvalue weighted by Crippen LogP contribution is 2.21. The van der Waals surface area contributed by atoms with Gasteiger partial charge in [0, 0.05) is 8.73 Å². The van der Waals surface area contributed by atoms with Crippen LogP contribution in [0.5, 0.6) is 0 Å². The Morgan fingerprint density at radius 2 is 2.28 bits per heavy atom. The largest absolute Gasteiger partial charge is 0.221 e. The van der Waals surface area contributed by atoms with Crippen LogP contribution in [-0.4, -0.2) is 10.6 Å². The van der Waals surface area contributed by atoms with Gasteiger partial charge in [0.05, 0.1) is 23.6 Å². The van der Waals surface area contributed by atoms with Crippen LogP contribution in [0.3, 0.4) is 0 Å². The molecule has 0 spiro atoms. The third kappa shape index (κ3) is 3.07. The first kappa shape index (κ1) is 13.0. The molecule has 0 saturated carbocycles. The zero-order valence-electron chi connectivity index (χ0n) is 10.7. The lowest BCUT2D eigenvalue weighted by molar-refractivity contribution is 0.260. The minimum absolute atomic E-state index is 0.571. The number of nitriles is 1. The number of hydrogen-bond acceptors (Lipinski definition) is 4. The van der Waals surface area contributed by atoms with Gasteiger partial charge in [0.15, 0.2) is 0 Å². The Morgan fingerprint density at radius 1 is 1.44 bits per heavy atom. The quantitative estimate of drug-likeness (QED) is 0.847.